The lowest BCUT2D eigenvalue weighted by Crippen LogP contribution is -2.38. The molecule has 1 aliphatic rings. The highest BCUT2D eigenvalue weighted by atomic mass is 79.9. The molecule has 4 nitrogen and oxygen atoms in total. The van der Waals surface area contributed by atoms with E-state index in [9.17, 15) is 9.18 Å². The molecule has 1 amide bonds. The predicted molar refractivity (Wildman–Crippen MR) is 78.3 cm³/mol. The average Bonchev–Trinajstić information content (AvgIpc) is 2.47. The highest BCUT2D eigenvalue weighted by molar-refractivity contribution is 9.10. The fourth-order valence-electron chi connectivity index (χ4n) is 2.10. The molecule has 0 saturated carbocycles. The minimum absolute atomic E-state index is 0.214. The zero-order chi connectivity index (χ0) is 14.4. The summed E-state index contributed by atoms with van der Waals surface area (Å²) in [6.45, 7) is 4.98. The number of carbonyl (C=O) groups is 1. The molecule has 0 unspecified atom stereocenters. The SMILES string of the molecule is O=C(NCCCN1CCOCC1)c1cccc(F)c1Br. The minimum Gasteiger partial charge on any atom is -0.379 e. The number of nitrogens with one attached hydrogen (secondary N) is 1. The first kappa shape index (κ1) is 15.4. The quantitative estimate of drug-likeness (QED) is 0.831. The molecular weight excluding hydrogens is 327 g/mol. The Labute approximate surface area is 126 Å². The van der Waals surface area contributed by atoms with E-state index in [0.29, 0.717) is 12.1 Å². The predicted octanol–water partition coefficient (Wildman–Crippen LogP) is 2.04. The number of hydrogen-bond donors (Lipinski definition) is 1. The van der Waals surface area contributed by atoms with Crippen molar-refractivity contribution in [2.75, 3.05) is 39.4 Å². The van der Waals surface area contributed by atoms with E-state index in [0.717, 1.165) is 39.3 Å². The van der Waals surface area contributed by atoms with E-state index in [1.807, 2.05) is 0 Å². The zero-order valence-electron chi connectivity index (χ0n) is 11.2. The van der Waals surface area contributed by atoms with E-state index >= 15 is 0 Å². The molecule has 6 heteroatoms. The summed E-state index contributed by atoms with van der Waals surface area (Å²) in [5.41, 5.74) is 0.330. The van der Waals surface area contributed by atoms with Gasteiger partial charge < -0.3 is 10.1 Å². The molecule has 1 aromatic carbocycles. The van der Waals surface area contributed by atoms with E-state index in [1.54, 1.807) is 6.07 Å². The molecule has 2 rings (SSSR count). The van der Waals surface area contributed by atoms with E-state index in [2.05, 4.69) is 26.1 Å². The lowest BCUT2D eigenvalue weighted by Gasteiger charge is -2.26. The number of halogens is 2. The zero-order valence-corrected chi connectivity index (χ0v) is 12.8. The molecule has 1 aromatic rings. The van der Waals surface area contributed by atoms with Gasteiger partial charge in [-0.05, 0) is 41.0 Å². The molecule has 110 valence electrons. The van der Waals surface area contributed by atoms with Crippen LogP contribution in [0.2, 0.25) is 0 Å². The van der Waals surface area contributed by atoms with Gasteiger partial charge in [0.25, 0.3) is 5.91 Å². The fourth-order valence-corrected chi connectivity index (χ4v) is 2.55. The molecule has 1 heterocycles. The second-order valence-electron chi connectivity index (χ2n) is 4.66. The Hall–Kier alpha value is -0.980. The normalized spacial score (nSPS) is 16.1. The van der Waals surface area contributed by atoms with Gasteiger partial charge in [-0.1, -0.05) is 6.07 Å². The van der Waals surface area contributed by atoms with Gasteiger partial charge >= 0.3 is 0 Å². The van der Waals surface area contributed by atoms with Crippen molar-refractivity contribution in [2.24, 2.45) is 0 Å². The van der Waals surface area contributed by atoms with Gasteiger partial charge in [-0.2, -0.15) is 0 Å². The Morgan fingerprint density at radius 3 is 2.90 bits per heavy atom. The van der Waals surface area contributed by atoms with Crippen LogP contribution >= 0.6 is 15.9 Å². The highest BCUT2D eigenvalue weighted by Gasteiger charge is 2.13. The van der Waals surface area contributed by atoms with Gasteiger partial charge in [-0.25, -0.2) is 4.39 Å². The van der Waals surface area contributed by atoms with E-state index in [1.165, 1.54) is 12.1 Å². The Balaban J connectivity index is 1.73. The summed E-state index contributed by atoms with van der Waals surface area (Å²) in [6.07, 6.45) is 0.874. The van der Waals surface area contributed by atoms with Crippen molar-refractivity contribution < 1.29 is 13.9 Å². The number of benzene rings is 1. The molecule has 0 spiro atoms. The number of rotatable bonds is 5. The van der Waals surface area contributed by atoms with Crippen LogP contribution in [0.25, 0.3) is 0 Å². The van der Waals surface area contributed by atoms with Gasteiger partial charge in [0.15, 0.2) is 0 Å². The van der Waals surface area contributed by atoms with Crippen LogP contribution in [0.1, 0.15) is 16.8 Å². The van der Waals surface area contributed by atoms with Crippen LogP contribution in [0.3, 0.4) is 0 Å². The second-order valence-corrected chi connectivity index (χ2v) is 5.46. The monoisotopic (exact) mass is 344 g/mol. The standard InChI is InChI=1S/C14H18BrFN2O2/c15-13-11(3-1-4-12(13)16)14(19)17-5-2-6-18-7-9-20-10-8-18/h1,3-4H,2,5-10H2,(H,17,19). The summed E-state index contributed by atoms with van der Waals surface area (Å²) in [7, 11) is 0. The molecule has 0 radical (unpaired) electrons. The van der Waals surface area contributed by atoms with Gasteiger partial charge in [0.05, 0.1) is 23.2 Å². The Morgan fingerprint density at radius 1 is 1.40 bits per heavy atom. The van der Waals surface area contributed by atoms with Crippen molar-refractivity contribution in [1.82, 2.24) is 10.2 Å². The maximum atomic E-state index is 13.3. The molecule has 0 aliphatic carbocycles. The van der Waals surface area contributed by atoms with Crippen LogP contribution in [0.5, 0.6) is 0 Å². The van der Waals surface area contributed by atoms with Crippen molar-refractivity contribution in [3.05, 3.63) is 34.1 Å². The van der Waals surface area contributed by atoms with Crippen molar-refractivity contribution >= 4 is 21.8 Å². The second kappa shape index (κ2) is 7.71. The number of carbonyl (C=O) groups excluding carboxylic acids is 1. The largest absolute Gasteiger partial charge is 0.379 e. The summed E-state index contributed by atoms with van der Waals surface area (Å²) in [4.78, 5) is 14.2. The van der Waals surface area contributed by atoms with Gasteiger partial charge in [-0.3, -0.25) is 9.69 Å². The number of hydrogen-bond acceptors (Lipinski definition) is 3. The first-order valence-electron chi connectivity index (χ1n) is 6.71. The molecular formula is C14H18BrFN2O2. The summed E-state index contributed by atoms with van der Waals surface area (Å²) >= 11 is 3.09. The number of morpholine rings is 1. The van der Waals surface area contributed by atoms with Crippen LogP contribution in [-0.2, 0) is 4.74 Å². The first-order chi connectivity index (χ1) is 9.68. The molecule has 1 fully saturated rings. The highest BCUT2D eigenvalue weighted by Crippen LogP contribution is 2.20. The minimum atomic E-state index is -0.425. The van der Waals surface area contributed by atoms with Crippen LogP contribution in [0, 0.1) is 5.82 Å². The summed E-state index contributed by atoms with van der Waals surface area (Å²) in [5.74, 6) is -0.677. The molecule has 0 atom stereocenters. The number of ether oxygens (including phenoxy) is 1. The van der Waals surface area contributed by atoms with Gasteiger partial charge in [0, 0.05) is 19.6 Å². The molecule has 0 aromatic heterocycles. The van der Waals surface area contributed by atoms with Crippen LogP contribution < -0.4 is 5.32 Å². The third-order valence-electron chi connectivity index (χ3n) is 3.24. The summed E-state index contributed by atoms with van der Waals surface area (Å²) in [5, 5.41) is 2.81. The fraction of sp³-hybridized carbons (Fsp3) is 0.500. The third kappa shape index (κ3) is 4.26. The van der Waals surface area contributed by atoms with Crippen molar-refractivity contribution in [1.29, 1.82) is 0 Å². The molecule has 1 saturated heterocycles. The Bertz CT molecular complexity index is 464. The molecule has 1 N–H and O–H groups in total. The first-order valence-corrected chi connectivity index (χ1v) is 7.50. The van der Waals surface area contributed by atoms with Crippen LogP contribution in [0.15, 0.2) is 22.7 Å². The molecule has 1 aliphatic heterocycles. The van der Waals surface area contributed by atoms with Crippen molar-refractivity contribution in [2.45, 2.75) is 6.42 Å². The van der Waals surface area contributed by atoms with Crippen molar-refractivity contribution in [3.63, 3.8) is 0 Å². The summed E-state index contributed by atoms with van der Waals surface area (Å²) in [6, 6.07) is 4.45. The number of amides is 1. The van der Waals surface area contributed by atoms with E-state index in [-0.39, 0.29) is 10.4 Å². The van der Waals surface area contributed by atoms with Crippen LogP contribution in [0.4, 0.5) is 4.39 Å². The smallest absolute Gasteiger partial charge is 0.252 e. The maximum absolute atomic E-state index is 13.3. The van der Waals surface area contributed by atoms with Crippen molar-refractivity contribution in [3.8, 4) is 0 Å². The topological polar surface area (TPSA) is 41.6 Å². The van der Waals surface area contributed by atoms with Gasteiger partial charge in [0.1, 0.15) is 5.82 Å². The average molecular weight is 345 g/mol. The molecule has 0 bridgehead atoms. The molecule has 20 heavy (non-hydrogen) atoms. The third-order valence-corrected chi connectivity index (χ3v) is 4.04. The van der Waals surface area contributed by atoms with Gasteiger partial charge in [0.2, 0.25) is 0 Å². The number of nitrogens with zero attached hydrogens (tertiary/aromatic N) is 1. The van der Waals surface area contributed by atoms with E-state index < -0.39 is 5.82 Å². The maximum Gasteiger partial charge on any atom is 0.252 e. The Kier molecular flexibility index (Phi) is 5.94. The van der Waals surface area contributed by atoms with Gasteiger partial charge in [-0.15, -0.1) is 0 Å². The van der Waals surface area contributed by atoms with E-state index in [4.69, 9.17) is 4.74 Å². The summed E-state index contributed by atoms with van der Waals surface area (Å²) < 4.78 is 18.8. The lowest BCUT2D eigenvalue weighted by molar-refractivity contribution is 0.0374. The lowest BCUT2D eigenvalue weighted by atomic mass is 10.2. The van der Waals surface area contributed by atoms with Crippen LogP contribution in [-0.4, -0.2) is 50.2 Å². The Morgan fingerprint density at radius 2 is 2.15 bits per heavy atom.